The number of sulfone groups is 1. The van der Waals surface area contributed by atoms with Crippen LogP contribution < -0.4 is 5.73 Å². The highest BCUT2D eigenvalue weighted by atomic mass is 32.2. The molecule has 1 fully saturated rings. The molecule has 1 amide bonds. The molecule has 1 aliphatic carbocycles. The maximum Gasteiger partial charge on any atom is 0.263 e. The average Bonchev–Trinajstić information content (AvgIpc) is 2.69. The molecule has 29 heavy (non-hydrogen) atoms. The Labute approximate surface area is 165 Å². The van der Waals surface area contributed by atoms with Gasteiger partial charge in [-0.05, 0) is 56.0 Å². The topological polar surface area (TPSA) is 77.2 Å². The van der Waals surface area contributed by atoms with Crippen molar-refractivity contribution in [2.75, 3.05) is 0 Å². The lowest BCUT2D eigenvalue weighted by Crippen LogP contribution is -2.42. The van der Waals surface area contributed by atoms with E-state index in [-0.39, 0.29) is 41.7 Å². The van der Waals surface area contributed by atoms with Gasteiger partial charge in [0.1, 0.15) is 16.4 Å². The van der Waals surface area contributed by atoms with Crippen LogP contribution in [0.4, 0.5) is 17.6 Å². The molecule has 9 heteroatoms. The van der Waals surface area contributed by atoms with Crippen molar-refractivity contribution in [1.82, 2.24) is 0 Å². The van der Waals surface area contributed by atoms with Crippen LogP contribution in [-0.4, -0.2) is 14.3 Å². The molecule has 1 aliphatic rings. The van der Waals surface area contributed by atoms with E-state index in [2.05, 4.69) is 0 Å². The fraction of sp³-hybridized carbons (Fsp3) is 0.350. The zero-order valence-corrected chi connectivity index (χ0v) is 16.1. The molecule has 0 atom stereocenters. The van der Waals surface area contributed by atoms with E-state index in [9.17, 15) is 30.8 Å². The number of rotatable bonds is 5. The number of halogens is 4. The Morgan fingerprint density at radius 1 is 1.03 bits per heavy atom. The van der Waals surface area contributed by atoms with Crippen molar-refractivity contribution in [3.8, 4) is 0 Å². The zero-order chi connectivity index (χ0) is 21.4. The second-order valence-corrected chi connectivity index (χ2v) is 9.43. The van der Waals surface area contributed by atoms with Crippen LogP contribution in [0.2, 0.25) is 0 Å². The van der Waals surface area contributed by atoms with E-state index in [0.717, 1.165) is 42.5 Å². The molecule has 0 aromatic heterocycles. The van der Waals surface area contributed by atoms with Crippen molar-refractivity contribution in [2.24, 2.45) is 11.7 Å². The predicted octanol–water partition coefficient (Wildman–Crippen LogP) is 4.25. The summed E-state index contributed by atoms with van der Waals surface area (Å²) in [6, 6.07) is 6.62. The number of carbonyl (C=O) groups excluding carboxylic acids is 1. The van der Waals surface area contributed by atoms with Crippen LogP contribution in [0.3, 0.4) is 0 Å². The van der Waals surface area contributed by atoms with Crippen molar-refractivity contribution in [3.05, 3.63) is 65.2 Å². The highest BCUT2D eigenvalue weighted by Crippen LogP contribution is 2.49. The van der Waals surface area contributed by atoms with E-state index in [1.165, 1.54) is 0 Å². The van der Waals surface area contributed by atoms with E-state index in [1.54, 1.807) is 0 Å². The molecule has 0 saturated heterocycles. The van der Waals surface area contributed by atoms with Gasteiger partial charge in [-0.1, -0.05) is 12.1 Å². The molecule has 156 valence electrons. The molecular weight excluding hydrogens is 410 g/mol. The standard InChI is InChI=1S/C20H19F4NO3S/c21-14-3-6-17(22)16(11-14)20(9-7-13(8-10-20)19(25)26)29(27,28)15-4-1-12(2-5-15)18(23)24/h1-6,11,13,18H,7-10H2,(H2,25,26). The van der Waals surface area contributed by atoms with Crippen molar-refractivity contribution >= 4 is 15.7 Å². The SMILES string of the molecule is NC(=O)C1CCC(c2cc(F)ccc2F)(S(=O)(=O)c2ccc(C(F)F)cc2)CC1. The maximum absolute atomic E-state index is 14.6. The second kappa shape index (κ2) is 7.78. The van der Waals surface area contributed by atoms with Gasteiger partial charge < -0.3 is 5.73 Å². The summed E-state index contributed by atoms with van der Waals surface area (Å²) < 4.78 is 79.4. The minimum absolute atomic E-state index is 0.0830. The molecule has 0 unspecified atom stereocenters. The average molecular weight is 429 g/mol. The number of carbonyl (C=O) groups is 1. The van der Waals surface area contributed by atoms with Gasteiger partial charge in [-0.25, -0.2) is 26.0 Å². The van der Waals surface area contributed by atoms with Crippen molar-refractivity contribution in [2.45, 2.75) is 41.8 Å². The summed E-state index contributed by atoms with van der Waals surface area (Å²) in [5, 5.41) is 0. The predicted molar refractivity (Wildman–Crippen MR) is 97.8 cm³/mol. The van der Waals surface area contributed by atoms with Gasteiger partial charge in [0.15, 0.2) is 9.84 Å². The molecule has 2 aromatic carbocycles. The van der Waals surface area contributed by atoms with Gasteiger partial charge in [0.2, 0.25) is 5.91 Å². The first-order valence-electron chi connectivity index (χ1n) is 8.96. The number of hydrogen-bond donors (Lipinski definition) is 1. The van der Waals surface area contributed by atoms with Crippen molar-refractivity contribution in [1.29, 1.82) is 0 Å². The minimum Gasteiger partial charge on any atom is -0.369 e. The van der Waals surface area contributed by atoms with Gasteiger partial charge in [0, 0.05) is 17.0 Å². The minimum atomic E-state index is -4.31. The van der Waals surface area contributed by atoms with Crippen LogP contribution in [0.25, 0.3) is 0 Å². The normalized spacial score (nSPS) is 22.6. The van der Waals surface area contributed by atoms with Crippen LogP contribution in [-0.2, 0) is 19.4 Å². The van der Waals surface area contributed by atoms with Gasteiger partial charge in [-0.3, -0.25) is 4.79 Å². The first-order chi connectivity index (χ1) is 13.6. The lowest BCUT2D eigenvalue weighted by atomic mass is 9.77. The molecule has 0 bridgehead atoms. The molecule has 2 aromatic rings. The Morgan fingerprint density at radius 2 is 1.62 bits per heavy atom. The molecule has 0 aliphatic heterocycles. The van der Waals surface area contributed by atoms with Gasteiger partial charge >= 0.3 is 0 Å². The summed E-state index contributed by atoms with van der Waals surface area (Å²) in [6.45, 7) is 0. The molecule has 4 nitrogen and oxygen atoms in total. The van der Waals surface area contributed by atoms with Gasteiger partial charge in [0.05, 0.1) is 4.90 Å². The number of benzene rings is 2. The molecule has 0 radical (unpaired) electrons. The first-order valence-corrected chi connectivity index (χ1v) is 10.4. The van der Waals surface area contributed by atoms with E-state index >= 15 is 0 Å². The summed E-state index contributed by atoms with van der Waals surface area (Å²) in [4.78, 5) is 11.2. The van der Waals surface area contributed by atoms with E-state index in [0.29, 0.717) is 0 Å². The van der Waals surface area contributed by atoms with Crippen LogP contribution in [0.5, 0.6) is 0 Å². The third-order valence-corrected chi connectivity index (χ3v) is 8.12. The van der Waals surface area contributed by atoms with Gasteiger partial charge in [0.25, 0.3) is 6.43 Å². The Morgan fingerprint density at radius 3 is 2.14 bits per heavy atom. The molecule has 3 rings (SSSR count). The largest absolute Gasteiger partial charge is 0.369 e. The van der Waals surface area contributed by atoms with Crippen LogP contribution in [0.1, 0.15) is 43.2 Å². The lowest BCUT2D eigenvalue weighted by molar-refractivity contribution is -0.122. The summed E-state index contributed by atoms with van der Waals surface area (Å²) in [6.07, 6.45) is -2.91. The Bertz CT molecular complexity index is 1010. The summed E-state index contributed by atoms with van der Waals surface area (Å²) >= 11 is 0. The van der Waals surface area contributed by atoms with Crippen LogP contribution >= 0.6 is 0 Å². The number of primary amides is 1. The molecule has 1 saturated carbocycles. The fourth-order valence-electron chi connectivity index (χ4n) is 3.92. The summed E-state index contributed by atoms with van der Waals surface area (Å²) in [5.74, 6) is -2.86. The van der Waals surface area contributed by atoms with E-state index < -0.39 is 44.5 Å². The molecule has 0 heterocycles. The second-order valence-electron chi connectivity index (χ2n) is 7.17. The molecule has 0 spiro atoms. The van der Waals surface area contributed by atoms with Crippen molar-refractivity contribution in [3.63, 3.8) is 0 Å². The third kappa shape index (κ3) is 3.75. The Hall–Kier alpha value is -2.42. The summed E-state index contributed by atoms with van der Waals surface area (Å²) in [5.41, 5.74) is 4.63. The summed E-state index contributed by atoms with van der Waals surface area (Å²) in [7, 11) is -4.31. The molecular formula is C20H19F4NO3S. The first kappa shape index (κ1) is 21.3. The highest BCUT2D eigenvalue weighted by Gasteiger charge is 2.50. The molecule has 2 N–H and O–H groups in total. The number of nitrogens with two attached hydrogens (primary N) is 1. The lowest BCUT2D eigenvalue weighted by Gasteiger charge is -2.39. The van der Waals surface area contributed by atoms with Crippen LogP contribution in [0, 0.1) is 17.6 Å². The Balaban J connectivity index is 2.15. The van der Waals surface area contributed by atoms with Gasteiger partial charge in [-0.2, -0.15) is 0 Å². The number of hydrogen-bond acceptors (Lipinski definition) is 3. The Kier molecular flexibility index (Phi) is 5.71. The zero-order valence-electron chi connectivity index (χ0n) is 15.2. The quantitative estimate of drug-likeness (QED) is 0.722. The highest BCUT2D eigenvalue weighted by molar-refractivity contribution is 7.92. The third-order valence-electron chi connectivity index (χ3n) is 5.57. The van der Waals surface area contributed by atoms with E-state index in [1.807, 2.05) is 0 Å². The monoisotopic (exact) mass is 429 g/mol. The maximum atomic E-state index is 14.6. The number of amides is 1. The fourth-order valence-corrected chi connectivity index (χ4v) is 6.08. The van der Waals surface area contributed by atoms with Crippen LogP contribution in [0.15, 0.2) is 47.4 Å². The van der Waals surface area contributed by atoms with Crippen molar-refractivity contribution < 1.29 is 30.8 Å². The van der Waals surface area contributed by atoms with E-state index in [4.69, 9.17) is 5.73 Å². The number of alkyl halides is 2. The smallest absolute Gasteiger partial charge is 0.263 e. The van der Waals surface area contributed by atoms with Gasteiger partial charge in [-0.15, -0.1) is 0 Å².